The second-order valence-electron chi connectivity index (χ2n) is 6.06. The van der Waals surface area contributed by atoms with Gasteiger partial charge in [0, 0.05) is 26.7 Å². The van der Waals surface area contributed by atoms with E-state index in [0.717, 1.165) is 30.1 Å². The van der Waals surface area contributed by atoms with Crippen molar-refractivity contribution in [2.24, 2.45) is 12.8 Å². The molecule has 7 nitrogen and oxygen atoms in total. The van der Waals surface area contributed by atoms with E-state index in [1.807, 2.05) is 37.2 Å². The summed E-state index contributed by atoms with van der Waals surface area (Å²) in [4.78, 5) is 19.9. The molecule has 1 fully saturated rings. The van der Waals surface area contributed by atoms with Crippen LogP contribution in [0.4, 0.5) is 5.95 Å². The van der Waals surface area contributed by atoms with E-state index in [4.69, 9.17) is 15.5 Å². The molecule has 1 aromatic carbocycles. The highest BCUT2D eigenvalue weighted by Gasteiger charge is 2.25. The number of anilines is 1. The number of likely N-dealkylation sites (N-methyl/N-ethyl adjacent to an activating group) is 1. The molecule has 2 aromatic rings. The largest absolute Gasteiger partial charge is 0.373 e. The Balaban J connectivity index is 1.72. The summed E-state index contributed by atoms with van der Waals surface area (Å²) in [5.41, 5.74) is 7.36. The average molecular weight is 317 g/mol. The number of carbonyl (C=O) groups excluding carboxylic acids is 1. The molecule has 1 aliphatic rings. The Labute approximate surface area is 135 Å². The van der Waals surface area contributed by atoms with E-state index in [9.17, 15) is 4.79 Å². The lowest BCUT2D eigenvalue weighted by Gasteiger charge is -2.35. The summed E-state index contributed by atoms with van der Waals surface area (Å²) in [6, 6.07) is 8.12. The maximum absolute atomic E-state index is 11.0. The molecular formula is C16H23N5O2. The number of aryl methyl sites for hydroxylation is 1. The van der Waals surface area contributed by atoms with Crippen LogP contribution in [0, 0.1) is 0 Å². The van der Waals surface area contributed by atoms with Crippen LogP contribution in [-0.4, -0.2) is 66.3 Å². The SMILES string of the molecule is CN(CC(N)=O)C[C@@H]1CN(c2nc3ccccc3n2C)CCO1. The molecule has 23 heavy (non-hydrogen) atoms. The topological polar surface area (TPSA) is 76.6 Å². The quantitative estimate of drug-likeness (QED) is 0.852. The summed E-state index contributed by atoms with van der Waals surface area (Å²) in [5, 5.41) is 0. The van der Waals surface area contributed by atoms with Gasteiger partial charge in [0.25, 0.3) is 0 Å². The van der Waals surface area contributed by atoms with E-state index in [0.29, 0.717) is 13.2 Å². The van der Waals surface area contributed by atoms with Gasteiger partial charge >= 0.3 is 0 Å². The van der Waals surface area contributed by atoms with Gasteiger partial charge in [0.2, 0.25) is 11.9 Å². The number of carbonyl (C=O) groups is 1. The molecule has 0 radical (unpaired) electrons. The van der Waals surface area contributed by atoms with Gasteiger partial charge in [0.15, 0.2) is 0 Å². The first kappa shape index (κ1) is 15.8. The Morgan fingerprint density at radius 3 is 3.00 bits per heavy atom. The van der Waals surface area contributed by atoms with Crippen LogP contribution in [0.1, 0.15) is 0 Å². The van der Waals surface area contributed by atoms with Crippen LogP contribution in [0.15, 0.2) is 24.3 Å². The monoisotopic (exact) mass is 317 g/mol. The van der Waals surface area contributed by atoms with E-state index in [1.54, 1.807) is 0 Å². The molecule has 0 bridgehead atoms. The summed E-state index contributed by atoms with van der Waals surface area (Å²) in [6.07, 6.45) is 0.0351. The molecule has 3 rings (SSSR count). The average Bonchev–Trinajstić information content (AvgIpc) is 2.84. The van der Waals surface area contributed by atoms with Gasteiger partial charge in [0.05, 0.1) is 30.3 Å². The van der Waals surface area contributed by atoms with Gasteiger partial charge in [-0.3, -0.25) is 9.69 Å². The zero-order valence-electron chi connectivity index (χ0n) is 13.6. The number of aromatic nitrogens is 2. The maximum atomic E-state index is 11.0. The molecule has 124 valence electrons. The van der Waals surface area contributed by atoms with Crippen LogP contribution in [0.25, 0.3) is 11.0 Å². The first-order valence-corrected chi connectivity index (χ1v) is 7.79. The molecule has 1 atom stereocenters. The lowest BCUT2D eigenvalue weighted by atomic mass is 10.2. The van der Waals surface area contributed by atoms with E-state index >= 15 is 0 Å². The number of primary amides is 1. The Hall–Kier alpha value is -2.12. The Kier molecular flexibility index (Phi) is 4.49. The third-order valence-electron chi connectivity index (χ3n) is 4.13. The van der Waals surface area contributed by atoms with E-state index in [2.05, 4.69) is 15.5 Å². The summed E-state index contributed by atoms with van der Waals surface area (Å²) < 4.78 is 7.94. The summed E-state index contributed by atoms with van der Waals surface area (Å²) >= 11 is 0. The predicted octanol–water partition coefficient (Wildman–Crippen LogP) is 0.196. The molecule has 0 saturated carbocycles. The molecule has 1 amide bonds. The highest BCUT2D eigenvalue weighted by atomic mass is 16.5. The fourth-order valence-electron chi connectivity index (χ4n) is 3.11. The van der Waals surface area contributed by atoms with E-state index < -0.39 is 0 Å². The predicted molar refractivity (Wildman–Crippen MR) is 89.4 cm³/mol. The Morgan fingerprint density at radius 2 is 2.26 bits per heavy atom. The number of nitrogens with zero attached hydrogens (tertiary/aromatic N) is 4. The minimum absolute atomic E-state index is 0.0351. The fraction of sp³-hybridized carbons (Fsp3) is 0.500. The van der Waals surface area contributed by atoms with Crippen molar-refractivity contribution in [1.82, 2.24) is 14.5 Å². The highest BCUT2D eigenvalue weighted by molar-refractivity contribution is 5.78. The second kappa shape index (κ2) is 6.55. The van der Waals surface area contributed by atoms with Crippen molar-refractivity contribution in [3.63, 3.8) is 0 Å². The number of benzene rings is 1. The van der Waals surface area contributed by atoms with E-state index in [1.165, 1.54) is 0 Å². The minimum atomic E-state index is -0.324. The normalized spacial score (nSPS) is 18.7. The lowest BCUT2D eigenvalue weighted by molar-refractivity contribution is -0.119. The first-order chi connectivity index (χ1) is 11.0. The van der Waals surface area contributed by atoms with Crippen molar-refractivity contribution < 1.29 is 9.53 Å². The number of para-hydroxylation sites is 2. The van der Waals surface area contributed by atoms with Gasteiger partial charge in [0.1, 0.15) is 0 Å². The molecule has 1 saturated heterocycles. The molecule has 0 spiro atoms. The zero-order chi connectivity index (χ0) is 16.4. The number of ether oxygens (including phenoxy) is 1. The first-order valence-electron chi connectivity index (χ1n) is 7.79. The zero-order valence-corrected chi connectivity index (χ0v) is 13.6. The van der Waals surface area contributed by atoms with Crippen molar-refractivity contribution in [2.45, 2.75) is 6.10 Å². The number of morpholine rings is 1. The number of nitrogens with two attached hydrogens (primary N) is 1. The third kappa shape index (κ3) is 3.46. The van der Waals surface area contributed by atoms with Crippen molar-refractivity contribution in [1.29, 1.82) is 0 Å². The fourth-order valence-corrected chi connectivity index (χ4v) is 3.11. The number of fused-ring (bicyclic) bond motifs is 1. The summed E-state index contributed by atoms with van der Waals surface area (Å²) in [5.74, 6) is 0.632. The number of imidazole rings is 1. The molecule has 0 aliphatic carbocycles. The van der Waals surface area contributed by atoms with Crippen molar-refractivity contribution in [3.05, 3.63) is 24.3 Å². The van der Waals surface area contributed by atoms with E-state index in [-0.39, 0.29) is 18.6 Å². The van der Waals surface area contributed by atoms with Crippen molar-refractivity contribution >= 4 is 22.9 Å². The van der Waals surface area contributed by atoms with Gasteiger partial charge in [-0.05, 0) is 19.2 Å². The van der Waals surface area contributed by atoms with Gasteiger partial charge in [-0.2, -0.15) is 0 Å². The summed E-state index contributed by atoms with van der Waals surface area (Å²) in [7, 11) is 3.91. The number of amides is 1. The Bertz CT molecular complexity index is 699. The number of hydrogen-bond donors (Lipinski definition) is 1. The molecule has 2 N–H and O–H groups in total. The molecule has 0 unspecified atom stereocenters. The van der Waals surface area contributed by atoms with Crippen LogP contribution in [0.3, 0.4) is 0 Å². The summed E-state index contributed by atoms with van der Waals surface area (Å²) in [6.45, 7) is 3.13. The molecule has 1 aliphatic heterocycles. The molecular weight excluding hydrogens is 294 g/mol. The van der Waals surface area contributed by atoms with Crippen LogP contribution in [0.2, 0.25) is 0 Å². The maximum Gasteiger partial charge on any atom is 0.231 e. The second-order valence-corrected chi connectivity index (χ2v) is 6.06. The smallest absolute Gasteiger partial charge is 0.231 e. The molecule has 1 aromatic heterocycles. The van der Waals surface area contributed by atoms with Gasteiger partial charge in [-0.1, -0.05) is 12.1 Å². The Morgan fingerprint density at radius 1 is 1.48 bits per heavy atom. The molecule has 7 heteroatoms. The lowest BCUT2D eigenvalue weighted by Crippen LogP contribution is -2.48. The van der Waals surface area contributed by atoms with Crippen molar-refractivity contribution in [3.8, 4) is 0 Å². The molecule has 2 heterocycles. The minimum Gasteiger partial charge on any atom is -0.373 e. The van der Waals surface area contributed by atoms with Gasteiger partial charge in [-0.25, -0.2) is 4.98 Å². The van der Waals surface area contributed by atoms with Crippen LogP contribution < -0.4 is 10.6 Å². The van der Waals surface area contributed by atoms with Gasteiger partial charge < -0.3 is 19.9 Å². The van der Waals surface area contributed by atoms with Crippen LogP contribution in [0.5, 0.6) is 0 Å². The van der Waals surface area contributed by atoms with Crippen LogP contribution >= 0.6 is 0 Å². The highest BCUT2D eigenvalue weighted by Crippen LogP contribution is 2.22. The third-order valence-corrected chi connectivity index (χ3v) is 4.13. The number of rotatable bonds is 5. The standard InChI is InChI=1S/C16H23N5O2/c1-19(11-15(17)22)9-12-10-21(7-8-23-12)16-18-13-5-3-4-6-14(13)20(16)2/h3-6,12H,7-11H2,1-2H3,(H2,17,22)/t12-/m1/s1. The van der Waals surface area contributed by atoms with Gasteiger partial charge in [-0.15, -0.1) is 0 Å². The number of hydrogen-bond acceptors (Lipinski definition) is 5. The van der Waals surface area contributed by atoms with Crippen LogP contribution in [-0.2, 0) is 16.6 Å². The van der Waals surface area contributed by atoms with Crippen molar-refractivity contribution in [2.75, 3.05) is 44.7 Å².